The Morgan fingerprint density at radius 3 is 2.47 bits per heavy atom. The van der Waals surface area contributed by atoms with Crippen LogP contribution in [0.25, 0.3) is 10.2 Å². The van der Waals surface area contributed by atoms with E-state index in [-0.39, 0.29) is 18.3 Å². The maximum atomic E-state index is 13.5. The van der Waals surface area contributed by atoms with E-state index in [1.807, 2.05) is 24.3 Å². The normalized spacial score (nSPS) is 10.9. The van der Waals surface area contributed by atoms with Crippen LogP contribution in [0, 0.1) is 13.8 Å². The summed E-state index contributed by atoms with van der Waals surface area (Å²) in [6, 6.07) is 11.6. The van der Waals surface area contributed by atoms with Crippen molar-refractivity contribution in [3.63, 3.8) is 0 Å². The van der Waals surface area contributed by atoms with Crippen molar-refractivity contribution in [3.8, 4) is 5.75 Å². The number of likely N-dealkylation sites (N-methyl/N-ethyl adjacent to an activating group) is 1. The van der Waals surface area contributed by atoms with Crippen molar-refractivity contribution in [1.82, 2.24) is 9.88 Å². The van der Waals surface area contributed by atoms with Gasteiger partial charge < -0.3 is 9.64 Å². The number of methoxy groups -OCH3 is 1. The molecule has 0 N–H and O–H groups in total. The van der Waals surface area contributed by atoms with Gasteiger partial charge in [0.25, 0.3) is 5.91 Å². The molecule has 5 nitrogen and oxygen atoms in total. The number of thiazole rings is 1. The number of fused-ring (bicyclic) bond motifs is 1. The molecule has 1 aromatic heterocycles. The number of ether oxygens (including phenoxy) is 1. The number of carbonyl (C=O) groups is 1. The average Bonchev–Trinajstić information content (AvgIpc) is 3.14. The summed E-state index contributed by atoms with van der Waals surface area (Å²) in [5, 5.41) is 0.733. The Morgan fingerprint density at radius 1 is 1.10 bits per heavy atom. The molecule has 0 aliphatic heterocycles. The second kappa shape index (κ2) is 10.8. The van der Waals surface area contributed by atoms with E-state index in [4.69, 9.17) is 9.72 Å². The lowest BCUT2D eigenvalue weighted by Gasteiger charge is -2.25. The molecular formula is C23H30ClN3O2S. The summed E-state index contributed by atoms with van der Waals surface area (Å²) in [5.74, 6) is 0.501. The van der Waals surface area contributed by atoms with Crippen LogP contribution in [-0.2, 0) is 0 Å². The summed E-state index contributed by atoms with van der Waals surface area (Å²) in [4.78, 5) is 22.5. The van der Waals surface area contributed by atoms with Crippen LogP contribution in [0.2, 0.25) is 0 Å². The predicted molar refractivity (Wildman–Crippen MR) is 129 cm³/mol. The van der Waals surface area contributed by atoms with E-state index >= 15 is 0 Å². The third kappa shape index (κ3) is 5.12. The maximum Gasteiger partial charge on any atom is 0.263 e. The molecule has 0 aliphatic rings. The number of nitrogens with zero attached hydrogens (tertiary/aromatic N) is 3. The fourth-order valence-electron chi connectivity index (χ4n) is 3.51. The topological polar surface area (TPSA) is 45.7 Å². The van der Waals surface area contributed by atoms with Gasteiger partial charge in [-0.15, -0.1) is 12.4 Å². The molecule has 2 aromatic carbocycles. The molecule has 0 radical (unpaired) electrons. The highest BCUT2D eigenvalue weighted by molar-refractivity contribution is 7.22. The van der Waals surface area contributed by atoms with Crippen LogP contribution >= 0.6 is 23.7 Å². The Morgan fingerprint density at radius 2 is 1.80 bits per heavy atom. The predicted octanol–water partition coefficient (Wildman–Crippen LogP) is 5.33. The van der Waals surface area contributed by atoms with Crippen molar-refractivity contribution >= 4 is 45.0 Å². The summed E-state index contributed by atoms with van der Waals surface area (Å²) in [5.41, 5.74) is 3.87. The highest BCUT2D eigenvalue weighted by Gasteiger charge is 2.24. The minimum Gasteiger partial charge on any atom is -0.496 e. The smallest absolute Gasteiger partial charge is 0.263 e. The number of aromatic nitrogens is 1. The Balaban J connectivity index is 0.00000320. The van der Waals surface area contributed by atoms with E-state index < -0.39 is 0 Å². The Bertz CT molecular complexity index is 1000. The minimum absolute atomic E-state index is 0. The minimum atomic E-state index is -0.0805. The molecule has 3 rings (SSSR count). The van der Waals surface area contributed by atoms with Crippen LogP contribution in [0.3, 0.4) is 0 Å². The first-order valence-corrected chi connectivity index (χ1v) is 10.8. The van der Waals surface area contributed by atoms with Crippen LogP contribution in [0.5, 0.6) is 5.75 Å². The summed E-state index contributed by atoms with van der Waals surface area (Å²) in [6.45, 7) is 11.7. The number of anilines is 1. The molecule has 3 aromatic rings. The number of hydrogen-bond acceptors (Lipinski definition) is 5. The number of rotatable bonds is 8. The summed E-state index contributed by atoms with van der Waals surface area (Å²) >= 11 is 1.57. The average molecular weight is 448 g/mol. The van der Waals surface area contributed by atoms with Crippen molar-refractivity contribution < 1.29 is 9.53 Å². The SMILES string of the molecule is CCN(CC)CCN(C(=O)c1ccccc1OC)c1nc2c(C)cc(C)cc2s1.Cl. The van der Waals surface area contributed by atoms with Gasteiger partial charge in [-0.2, -0.15) is 0 Å². The number of aryl methyl sites for hydroxylation is 2. The van der Waals surface area contributed by atoms with E-state index in [1.165, 1.54) is 5.56 Å². The quantitative estimate of drug-likeness (QED) is 0.468. The van der Waals surface area contributed by atoms with Gasteiger partial charge in [0.2, 0.25) is 0 Å². The van der Waals surface area contributed by atoms with Gasteiger partial charge in [-0.3, -0.25) is 9.69 Å². The highest BCUT2D eigenvalue weighted by Crippen LogP contribution is 2.33. The van der Waals surface area contributed by atoms with Crippen LogP contribution in [0.1, 0.15) is 35.3 Å². The van der Waals surface area contributed by atoms with Crippen LogP contribution in [0.15, 0.2) is 36.4 Å². The molecular weight excluding hydrogens is 418 g/mol. The van der Waals surface area contributed by atoms with Gasteiger partial charge in [0.05, 0.1) is 22.9 Å². The van der Waals surface area contributed by atoms with E-state index in [0.29, 0.717) is 17.9 Å². The van der Waals surface area contributed by atoms with Gasteiger partial charge in [0, 0.05) is 13.1 Å². The van der Waals surface area contributed by atoms with E-state index in [9.17, 15) is 4.79 Å². The lowest BCUT2D eigenvalue weighted by atomic mass is 10.1. The molecule has 7 heteroatoms. The molecule has 0 fully saturated rings. The van der Waals surface area contributed by atoms with E-state index in [1.54, 1.807) is 23.3 Å². The lowest BCUT2D eigenvalue weighted by Crippen LogP contribution is -2.39. The number of halogens is 1. The fourth-order valence-corrected chi connectivity index (χ4v) is 4.67. The van der Waals surface area contributed by atoms with Crippen LogP contribution in [-0.4, -0.2) is 49.1 Å². The monoisotopic (exact) mass is 447 g/mol. The standard InChI is InChI=1S/C23H29N3O2S.ClH/c1-6-25(7-2)12-13-26(22(27)18-10-8-9-11-19(18)28-5)23-24-21-17(4)14-16(3)15-20(21)29-23;/h8-11,14-15H,6-7,12-13H2,1-5H3;1H. The van der Waals surface area contributed by atoms with E-state index in [0.717, 1.165) is 40.5 Å². The molecule has 0 aliphatic carbocycles. The van der Waals surface area contributed by atoms with Gasteiger partial charge >= 0.3 is 0 Å². The Labute approximate surface area is 189 Å². The first-order chi connectivity index (χ1) is 14.0. The third-order valence-electron chi connectivity index (χ3n) is 5.17. The molecule has 162 valence electrons. The Hall–Kier alpha value is -2.15. The number of carbonyl (C=O) groups excluding carboxylic acids is 1. The summed E-state index contributed by atoms with van der Waals surface area (Å²) in [6.07, 6.45) is 0. The molecule has 30 heavy (non-hydrogen) atoms. The number of benzene rings is 2. The summed E-state index contributed by atoms with van der Waals surface area (Å²) in [7, 11) is 1.59. The molecule has 1 amide bonds. The van der Waals surface area contributed by atoms with Gasteiger partial charge in [-0.1, -0.05) is 43.4 Å². The molecule has 0 atom stereocenters. The third-order valence-corrected chi connectivity index (χ3v) is 6.19. The molecule has 0 saturated heterocycles. The Kier molecular flexibility index (Phi) is 8.65. The molecule has 1 heterocycles. The summed E-state index contributed by atoms with van der Waals surface area (Å²) < 4.78 is 6.55. The van der Waals surface area contributed by atoms with Crippen LogP contribution < -0.4 is 9.64 Å². The first-order valence-electron chi connectivity index (χ1n) is 10.0. The zero-order valence-electron chi connectivity index (χ0n) is 18.3. The number of hydrogen-bond donors (Lipinski definition) is 0. The zero-order valence-corrected chi connectivity index (χ0v) is 19.9. The van der Waals surface area contributed by atoms with Gasteiger partial charge in [-0.25, -0.2) is 4.98 Å². The van der Waals surface area contributed by atoms with Crippen molar-refractivity contribution in [3.05, 3.63) is 53.1 Å². The van der Waals surface area contributed by atoms with Crippen molar-refractivity contribution in [2.24, 2.45) is 0 Å². The second-order valence-electron chi connectivity index (χ2n) is 7.11. The van der Waals surface area contributed by atoms with Gasteiger partial charge in [0.15, 0.2) is 5.13 Å². The number of para-hydroxylation sites is 1. The first kappa shape index (κ1) is 24.1. The highest BCUT2D eigenvalue weighted by atomic mass is 35.5. The maximum absolute atomic E-state index is 13.5. The van der Waals surface area contributed by atoms with Crippen molar-refractivity contribution in [1.29, 1.82) is 0 Å². The molecule has 0 bridgehead atoms. The van der Waals surface area contributed by atoms with Crippen LogP contribution in [0.4, 0.5) is 5.13 Å². The zero-order chi connectivity index (χ0) is 21.0. The van der Waals surface area contributed by atoms with Crippen molar-refractivity contribution in [2.45, 2.75) is 27.7 Å². The fraction of sp³-hybridized carbons (Fsp3) is 0.391. The van der Waals surface area contributed by atoms with E-state index in [2.05, 4.69) is 44.7 Å². The lowest BCUT2D eigenvalue weighted by molar-refractivity contribution is 0.0981. The largest absolute Gasteiger partial charge is 0.496 e. The van der Waals surface area contributed by atoms with Gasteiger partial charge in [0.1, 0.15) is 5.75 Å². The molecule has 0 spiro atoms. The van der Waals surface area contributed by atoms with Crippen molar-refractivity contribution in [2.75, 3.05) is 38.2 Å². The molecule has 0 saturated carbocycles. The molecule has 0 unspecified atom stereocenters. The van der Waals surface area contributed by atoms with Gasteiger partial charge in [-0.05, 0) is 56.3 Å². The second-order valence-corrected chi connectivity index (χ2v) is 8.12. The number of amides is 1.